The van der Waals surface area contributed by atoms with Gasteiger partial charge in [-0.2, -0.15) is 0 Å². The summed E-state index contributed by atoms with van der Waals surface area (Å²) in [5, 5.41) is 18.8. The quantitative estimate of drug-likeness (QED) is 0.0745. The zero-order chi connectivity index (χ0) is 33.3. The van der Waals surface area contributed by atoms with Gasteiger partial charge in [-0.3, -0.25) is 0 Å². The van der Waals surface area contributed by atoms with Crippen molar-refractivity contribution in [2.24, 2.45) is 0 Å². The zero-order valence-corrected chi connectivity index (χ0v) is 27.7. The predicted octanol–water partition coefficient (Wildman–Crippen LogP) is 7.47. The molecular formula is C39H43ClO7. The number of halogens is 1. The number of carbonyl (C=O) groups is 1. The van der Waals surface area contributed by atoms with Crippen LogP contribution in [0.1, 0.15) is 55.4 Å². The highest BCUT2D eigenvalue weighted by molar-refractivity contribution is 6.18. The van der Waals surface area contributed by atoms with Crippen LogP contribution in [0.4, 0.5) is 0 Å². The molecule has 4 aromatic rings. The molecule has 7 nitrogen and oxygen atoms in total. The lowest BCUT2D eigenvalue weighted by atomic mass is 9.68. The van der Waals surface area contributed by atoms with Crippen LogP contribution in [0.2, 0.25) is 0 Å². The number of carboxylic acids is 1. The summed E-state index contributed by atoms with van der Waals surface area (Å²) in [6.45, 7) is 5.06. The zero-order valence-electron chi connectivity index (χ0n) is 27.0. The molecule has 47 heavy (non-hydrogen) atoms. The van der Waals surface area contributed by atoms with Gasteiger partial charge in [0.2, 0.25) is 0 Å². The molecule has 1 unspecified atom stereocenters. The van der Waals surface area contributed by atoms with Gasteiger partial charge in [0.25, 0.3) is 0 Å². The van der Waals surface area contributed by atoms with E-state index in [1.165, 1.54) is 22.3 Å². The summed E-state index contributed by atoms with van der Waals surface area (Å²) in [4.78, 5) is 11.0. The molecule has 0 aliphatic heterocycles. The number of carboxylic acid groups (broad SMARTS) is 1. The largest absolute Gasteiger partial charge is 0.491 e. The van der Waals surface area contributed by atoms with Crippen molar-refractivity contribution in [2.75, 3.05) is 38.9 Å². The summed E-state index contributed by atoms with van der Waals surface area (Å²) in [7, 11) is 0. The van der Waals surface area contributed by atoms with E-state index in [0.29, 0.717) is 32.0 Å². The maximum atomic E-state index is 11.0. The Bertz CT molecular complexity index is 1560. The molecule has 0 spiro atoms. The van der Waals surface area contributed by atoms with Crippen LogP contribution in [0.3, 0.4) is 0 Å². The van der Waals surface area contributed by atoms with E-state index < -0.39 is 23.1 Å². The maximum absolute atomic E-state index is 11.0. The average molecular weight is 659 g/mol. The Balaban J connectivity index is 1.32. The summed E-state index contributed by atoms with van der Waals surface area (Å²) < 4.78 is 23.3. The van der Waals surface area contributed by atoms with Crippen LogP contribution < -0.4 is 9.47 Å². The number of aliphatic carboxylic acids is 1. The lowest BCUT2D eigenvalue weighted by Gasteiger charge is -2.34. The third-order valence-electron chi connectivity index (χ3n) is 8.74. The molecule has 0 bridgehead atoms. The van der Waals surface area contributed by atoms with Gasteiger partial charge >= 0.3 is 5.97 Å². The van der Waals surface area contributed by atoms with Crippen LogP contribution >= 0.6 is 11.6 Å². The third kappa shape index (κ3) is 7.82. The van der Waals surface area contributed by atoms with Crippen LogP contribution in [0.5, 0.6) is 11.5 Å². The predicted molar refractivity (Wildman–Crippen MR) is 184 cm³/mol. The monoisotopic (exact) mass is 658 g/mol. The molecule has 0 heterocycles. The van der Waals surface area contributed by atoms with Crippen LogP contribution in [0, 0.1) is 0 Å². The van der Waals surface area contributed by atoms with Crippen molar-refractivity contribution in [3.8, 4) is 22.6 Å². The topological polar surface area (TPSA) is 94.5 Å². The van der Waals surface area contributed by atoms with E-state index in [1.54, 1.807) is 0 Å². The molecule has 1 aliphatic carbocycles. The van der Waals surface area contributed by atoms with Crippen molar-refractivity contribution < 1.29 is 34.0 Å². The fourth-order valence-electron chi connectivity index (χ4n) is 6.51. The number of hydrogen-bond donors (Lipinski definition) is 2. The smallest absolute Gasteiger partial charge is 0.329 e. The normalized spacial score (nSPS) is 14.9. The molecule has 0 aromatic heterocycles. The number of alkyl halides is 1. The van der Waals surface area contributed by atoms with E-state index in [0.717, 1.165) is 29.7 Å². The lowest BCUT2D eigenvalue weighted by molar-refractivity contribution is -0.150. The maximum Gasteiger partial charge on any atom is 0.329 e. The third-order valence-corrected chi connectivity index (χ3v) is 9.10. The Labute approximate surface area is 282 Å². The number of fused-ring (bicyclic) bond motifs is 3. The van der Waals surface area contributed by atoms with Gasteiger partial charge in [0, 0.05) is 6.61 Å². The van der Waals surface area contributed by atoms with Crippen molar-refractivity contribution in [1.29, 1.82) is 0 Å². The molecule has 8 heteroatoms. The SMILES string of the molecule is CCCC(C)(CCOCCOc1ccc(C2(c3ccc(OC[C@H](O)CCl)cc3)c3ccccc3-c3ccccc32)cc1)OCC(=O)O. The van der Waals surface area contributed by atoms with E-state index in [9.17, 15) is 9.90 Å². The van der Waals surface area contributed by atoms with Gasteiger partial charge in [-0.1, -0.05) is 86.1 Å². The lowest BCUT2D eigenvalue weighted by Crippen LogP contribution is -2.32. The first-order chi connectivity index (χ1) is 22.8. The van der Waals surface area contributed by atoms with Crippen LogP contribution in [-0.2, 0) is 19.7 Å². The molecular weight excluding hydrogens is 616 g/mol. The standard InChI is InChI=1S/C39H43ClO7/c1-3-20-38(2,47-27-37(42)43)21-22-44-23-24-45-31-16-12-28(13-17-31)39(29-14-18-32(19-15-29)46-26-30(41)25-40)35-10-6-4-8-33(35)34-9-5-7-11-36(34)39/h4-19,30,41H,3,20-27H2,1-2H3,(H,42,43)/t30-,38?/m1/s1. The summed E-state index contributed by atoms with van der Waals surface area (Å²) >= 11 is 5.75. The van der Waals surface area contributed by atoms with E-state index in [1.807, 2.05) is 31.2 Å². The van der Waals surface area contributed by atoms with Gasteiger partial charge < -0.3 is 29.2 Å². The molecule has 0 saturated heterocycles. The second kappa shape index (κ2) is 15.8. The van der Waals surface area contributed by atoms with E-state index >= 15 is 0 Å². The summed E-state index contributed by atoms with van der Waals surface area (Å²) in [6, 6.07) is 33.5. The van der Waals surface area contributed by atoms with E-state index in [2.05, 4.69) is 79.7 Å². The first kappa shape index (κ1) is 34.5. The average Bonchev–Trinajstić information content (AvgIpc) is 3.39. The molecule has 4 aromatic carbocycles. The van der Waals surface area contributed by atoms with E-state index in [4.69, 9.17) is 35.7 Å². The highest BCUT2D eigenvalue weighted by Gasteiger charge is 2.45. The van der Waals surface area contributed by atoms with Crippen LogP contribution in [-0.4, -0.2) is 66.8 Å². The Hall–Kier alpha value is -3.88. The van der Waals surface area contributed by atoms with Crippen molar-refractivity contribution in [1.82, 2.24) is 0 Å². The van der Waals surface area contributed by atoms with Gasteiger partial charge in [-0.05, 0) is 77.4 Å². The van der Waals surface area contributed by atoms with Gasteiger partial charge in [0.05, 0.1) is 23.5 Å². The Kier molecular flexibility index (Phi) is 11.6. The van der Waals surface area contributed by atoms with Crippen molar-refractivity contribution in [2.45, 2.75) is 50.2 Å². The second-order valence-corrected chi connectivity index (χ2v) is 12.4. The summed E-state index contributed by atoms with van der Waals surface area (Å²) in [6.07, 6.45) is 1.54. The molecule has 248 valence electrons. The Morgan fingerprint density at radius 3 is 1.87 bits per heavy atom. The summed E-state index contributed by atoms with van der Waals surface area (Å²) in [5.74, 6) is 0.560. The minimum absolute atomic E-state index is 0.117. The second-order valence-electron chi connectivity index (χ2n) is 12.1. The number of rotatable bonds is 18. The molecule has 2 N–H and O–H groups in total. The molecule has 5 rings (SSSR count). The summed E-state index contributed by atoms with van der Waals surface area (Å²) in [5.41, 5.74) is 5.94. The van der Waals surface area contributed by atoms with Gasteiger partial charge in [-0.15, -0.1) is 11.6 Å². The molecule has 0 saturated carbocycles. The van der Waals surface area contributed by atoms with Crippen molar-refractivity contribution >= 4 is 17.6 Å². The first-order valence-corrected chi connectivity index (χ1v) is 16.7. The number of ether oxygens (including phenoxy) is 4. The Morgan fingerprint density at radius 2 is 1.34 bits per heavy atom. The van der Waals surface area contributed by atoms with Crippen molar-refractivity contribution in [3.63, 3.8) is 0 Å². The minimum Gasteiger partial charge on any atom is -0.491 e. The van der Waals surface area contributed by atoms with E-state index in [-0.39, 0.29) is 19.1 Å². The number of aliphatic hydroxyl groups is 1. The van der Waals surface area contributed by atoms with Crippen molar-refractivity contribution in [3.05, 3.63) is 119 Å². The molecule has 1 aliphatic rings. The molecule has 0 amide bonds. The number of aliphatic hydroxyl groups excluding tert-OH is 1. The highest BCUT2D eigenvalue weighted by Crippen LogP contribution is 2.56. The molecule has 2 atom stereocenters. The molecule has 0 radical (unpaired) electrons. The minimum atomic E-state index is -0.970. The Morgan fingerprint density at radius 1 is 0.787 bits per heavy atom. The molecule has 0 fully saturated rings. The van der Waals surface area contributed by atoms with Crippen LogP contribution in [0.25, 0.3) is 11.1 Å². The highest BCUT2D eigenvalue weighted by atomic mass is 35.5. The fraction of sp³-hybridized carbons (Fsp3) is 0.359. The fourth-order valence-corrected chi connectivity index (χ4v) is 6.59. The first-order valence-electron chi connectivity index (χ1n) is 16.1. The van der Waals surface area contributed by atoms with Gasteiger partial charge in [0.1, 0.15) is 37.4 Å². The number of benzene rings is 4. The number of hydrogen-bond acceptors (Lipinski definition) is 6. The van der Waals surface area contributed by atoms with Crippen LogP contribution in [0.15, 0.2) is 97.1 Å². The van der Waals surface area contributed by atoms with Gasteiger partial charge in [0.15, 0.2) is 0 Å². The van der Waals surface area contributed by atoms with Gasteiger partial charge in [-0.25, -0.2) is 4.79 Å².